The molecule has 0 N–H and O–H groups in total. The molecule has 3 heteroatoms. The van der Waals surface area contributed by atoms with E-state index in [9.17, 15) is 13.2 Å². The van der Waals surface area contributed by atoms with Crippen molar-refractivity contribution in [1.82, 2.24) is 0 Å². The number of allylic oxidation sites excluding steroid dienone is 4. The summed E-state index contributed by atoms with van der Waals surface area (Å²) >= 11 is 0. The summed E-state index contributed by atoms with van der Waals surface area (Å²) in [5.74, 6) is 1.87. The predicted octanol–water partition coefficient (Wildman–Crippen LogP) is 7.46. The van der Waals surface area contributed by atoms with E-state index in [0.29, 0.717) is 18.8 Å². The predicted molar refractivity (Wildman–Crippen MR) is 97.2 cm³/mol. The third-order valence-electron chi connectivity index (χ3n) is 7.15. The van der Waals surface area contributed by atoms with Crippen LogP contribution in [-0.2, 0) is 0 Å². The van der Waals surface area contributed by atoms with Gasteiger partial charge in [-0.1, -0.05) is 23.8 Å². The Bertz CT molecular complexity index is 472. The van der Waals surface area contributed by atoms with Gasteiger partial charge in [0.15, 0.2) is 0 Å². The molecule has 0 aromatic carbocycles. The Morgan fingerprint density at radius 1 is 0.880 bits per heavy atom. The van der Waals surface area contributed by atoms with Crippen molar-refractivity contribution in [3.63, 3.8) is 0 Å². The zero-order valence-electron chi connectivity index (χ0n) is 15.5. The summed E-state index contributed by atoms with van der Waals surface area (Å²) in [4.78, 5) is 0. The Hall–Kier alpha value is -0.730. The average molecular weight is 355 g/mol. The topological polar surface area (TPSA) is 0 Å². The lowest BCUT2D eigenvalue weighted by Crippen LogP contribution is -2.29. The van der Waals surface area contributed by atoms with Gasteiger partial charge in [0.05, 0.1) is 5.92 Å². The summed E-state index contributed by atoms with van der Waals surface area (Å²) in [6, 6.07) is 0. The van der Waals surface area contributed by atoms with E-state index < -0.39 is 12.1 Å². The summed E-state index contributed by atoms with van der Waals surface area (Å²) in [7, 11) is 0. The van der Waals surface area contributed by atoms with Gasteiger partial charge in [0.25, 0.3) is 0 Å². The molecule has 142 valence electrons. The maximum absolute atomic E-state index is 12.8. The zero-order valence-corrected chi connectivity index (χ0v) is 15.5. The molecule has 25 heavy (non-hydrogen) atoms. The molecule has 0 radical (unpaired) electrons. The van der Waals surface area contributed by atoms with E-state index in [1.165, 1.54) is 44.1 Å². The molecule has 0 saturated heterocycles. The number of hydrogen-bond acceptors (Lipinski definition) is 0. The van der Waals surface area contributed by atoms with Crippen molar-refractivity contribution in [2.75, 3.05) is 0 Å². The lowest BCUT2D eigenvalue weighted by Gasteiger charge is -2.37. The second-order valence-electron chi connectivity index (χ2n) is 8.60. The summed E-state index contributed by atoms with van der Waals surface area (Å²) in [5, 5.41) is 0. The van der Waals surface area contributed by atoms with Gasteiger partial charge in [-0.25, -0.2) is 0 Å². The first kappa shape index (κ1) is 19.0. The van der Waals surface area contributed by atoms with Gasteiger partial charge in [-0.2, -0.15) is 13.2 Å². The van der Waals surface area contributed by atoms with Crippen molar-refractivity contribution in [2.45, 2.75) is 83.7 Å². The van der Waals surface area contributed by atoms with Gasteiger partial charge in [-0.05, 0) is 101 Å². The smallest absolute Gasteiger partial charge is 0.171 e. The summed E-state index contributed by atoms with van der Waals surface area (Å²) < 4.78 is 38.5. The number of rotatable bonds is 3. The van der Waals surface area contributed by atoms with Crippen LogP contribution in [0.25, 0.3) is 0 Å². The van der Waals surface area contributed by atoms with Crippen molar-refractivity contribution < 1.29 is 13.2 Å². The Morgan fingerprint density at radius 2 is 1.56 bits per heavy atom. The monoisotopic (exact) mass is 354 g/mol. The highest BCUT2D eigenvalue weighted by Crippen LogP contribution is 2.45. The van der Waals surface area contributed by atoms with Crippen LogP contribution in [0, 0.1) is 29.6 Å². The first-order valence-electron chi connectivity index (χ1n) is 10.4. The molecule has 0 aliphatic heterocycles. The lowest BCUT2D eigenvalue weighted by atomic mass is 9.69. The highest BCUT2D eigenvalue weighted by molar-refractivity contribution is 5.12. The minimum atomic E-state index is -3.98. The Balaban J connectivity index is 1.46. The van der Waals surface area contributed by atoms with Crippen molar-refractivity contribution in [1.29, 1.82) is 0 Å². The molecule has 0 unspecified atom stereocenters. The van der Waals surface area contributed by atoms with Gasteiger partial charge in [-0.3, -0.25) is 0 Å². The third-order valence-corrected chi connectivity index (χ3v) is 7.15. The molecule has 1 atom stereocenters. The van der Waals surface area contributed by atoms with Crippen LogP contribution in [0.4, 0.5) is 13.2 Å². The second-order valence-corrected chi connectivity index (χ2v) is 8.60. The minimum absolute atomic E-state index is 0.337. The van der Waals surface area contributed by atoms with Gasteiger partial charge in [0, 0.05) is 0 Å². The normalized spacial score (nSPS) is 37.9. The number of hydrogen-bond donors (Lipinski definition) is 0. The molecule has 3 rings (SSSR count). The van der Waals surface area contributed by atoms with Crippen LogP contribution in [0.15, 0.2) is 23.8 Å². The Morgan fingerprint density at radius 3 is 2.08 bits per heavy atom. The van der Waals surface area contributed by atoms with Crippen LogP contribution in [-0.4, -0.2) is 6.18 Å². The molecule has 0 heterocycles. The quantitative estimate of drug-likeness (QED) is 0.461. The standard InChI is InChI=1S/C22H33F3/c1-2-3-16-4-6-17(7-5-16)18-8-10-19(11-9-18)20-12-14-21(15-13-20)22(23,24)25/h2-3,10,16-18,20-21H,4-9,11-15H2,1H3/b3-2+/t16?,17?,18-,20?,21?/m0/s1. The van der Waals surface area contributed by atoms with Gasteiger partial charge in [0.2, 0.25) is 0 Å². The van der Waals surface area contributed by atoms with E-state index in [1.807, 2.05) is 0 Å². The van der Waals surface area contributed by atoms with Crippen molar-refractivity contribution in [3.05, 3.63) is 23.8 Å². The number of alkyl halides is 3. The van der Waals surface area contributed by atoms with E-state index in [2.05, 4.69) is 25.2 Å². The van der Waals surface area contributed by atoms with Crippen LogP contribution >= 0.6 is 0 Å². The molecule has 0 aromatic rings. The molecule has 0 aromatic heterocycles. The molecular formula is C22H33F3. The highest BCUT2D eigenvalue weighted by atomic mass is 19.4. The van der Waals surface area contributed by atoms with E-state index in [4.69, 9.17) is 0 Å². The first-order valence-corrected chi connectivity index (χ1v) is 10.4. The summed E-state index contributed by atoms with van der Waals surface area (Å²) in [6.45, 7) is 2.11. The lowest BCUT2D eigenvalue weighted by molar-refractivity contribution is -0.183. The summed E-state index contributed by atoms with van der Waals surface area (Å²) in [5.41, 5.74) is 1.49. The fraction of sp³-hybridized carbons (Fsp3) is 0.818. The maximum atomic E-state index is 12.8. The van der Waals surface area contributed by atoms with Crippen molar-refractivity contribution >= 4 is 0 Å². The molecule has 0 amide bonds. The van der Waals surface area contributed by atoms with E-state index in [0.717, 1.165) is 37.0 Å². The van der Waals surface area contributed by atoms with Gasteiger partial charge >= 0.3 is 6.18 Å². The first-order chi connectivity index (χ1) is 12.0. The molecule has 2 saturated carbocycles. The van der Waals surface area contributed by atoms with Gasteiger partial charge in [-0.15, -0.1) is 0 Å². The average Bonchev–Trinajstić information content (AvgIpc) is 2.62. The Labute approximate surface area is 151 Å². The second kappa shape index (κ2) is 8.31. The summed E-state index contributed by atoms with van der Waals surface area (Å²) in [6.07, 6.45) is 14.1. The van der Waals surface area contributed by atoms with Crippen LogP contribution in [0.2, 0.25) is 0 Å². The molecule has 3 aliphatic rings. The van der Waals surface area contributed by atoms with Crippen LogP contribution in [0.3, 0.4) is 0 Å². The van der Waals surface area contributed by atoms with E-state index in [-0.39, 0.29) is 0 Å². The van der Waals surface area contributed by atoms with Crippen LogP contribution in [0.1, 0.15) is 77.6 Å². The SMILES string of the molecule is C/C=C/C1CCC([C@H]2CC=C(C3CCC(C(F)(F)F)CC3)CC2)CC1. The Kier molecular flexibility index (Phi) is 6.33. The molecule has 0 bridgehead atoms. The third kappa shape index (κ3) is 4.92. The molecule has 0 spiro atoms. The van der Waals surface area contributed by atoms with Crippen molar-refractivity contribution in [3.8, 4) is 0 Å². The minimum Gasteiger partial charge on any atom is -0.171 e. The van der Waals surface area contributed by atoms with E-state index >= 15 is 0 Å². The largest absolute Gasteiger partial charge is 0.391 e. The molecule has 2 fully saturated rings. The zero-order chi connectivity index (χ0) is 17.9. The maximum Gasteiger partial charge on any atom is 0.391 e. The number of halogens is 3. The van der Waals surface area contributed by atoms with E-state index in [1.54, 1.807) is 0 Å². The van der Waals surface area contributed by atoms with Gasteiger partial charge < -0.3 is 0 Å². The molecule has 0 nitrogen and oxygen atoms in total. The fourth-order valence-electron chi connectivity index (χ4n) is 5.55. The highest BCUT2D eigenvalue weighted by Gasteiger charge is 2.42. The van der Waals surface area contributed by atoms with Crippen LogP contribution < -0.4 is 0 Å². The van der Waals surface area contributed by atoms with Gasteiger partial charge in [0.1, 0.15) is 0 Å². The molecular weight excluding hydrogens is 321 g/mol. The molecule has 3 aliphatic carbocycles. The van der Waals surface area contributed by atoms with Crippen molar-refractivity contribution in [2.24, 2.45) is 29.6 Å². The van der Waals surface area contributed by atoms with Crippen LogP contribution in [0.5, 0.6) is 0 Å². The fourth-order valence-corrected chi connectivity index (χ4v) is 5.55.